The third-order valence-corrected chi connectivity index (χ3v) is 6.64. The van der Waals surface area contributed by atoms with Crippen molar-refractivity contribution in [2.24, 2.45) is 0 Å². The largest absolute Gasteiger partial charge is 0.351 e. The van der Waals surface area contributed by atoms with Crippen LogP contribution in [0.1, 0.15) is 65.8 Å². The van der Waals surface area contributed by atoms with Crippen molar-refractivity contribution in [1.29, 1.82) is 0 Å². The Labute approximate surface area is 205 Å². The van der Waals surface area contributed by atoms with Crippen molar-refractivity contribution in [1.82, 2.24) is 24.7 Å². The van der Waals surface area contributed by atoms with Crippen LogP contribution in [-0.4, -0.2) is 50.2 Å². The maximum absolute atomic E-state index is 13.5. The van der Waals surface area contributed by atoms with Crippen LogP contribution in [0.25, 0.3) is 11.2 Å². The van der Waals surface area contributed by atoms with Crippen LogP contribution < -0.4 is 10.6 Å². The molecule has 0 unspecified atom stereocenters. The Balaban J connectivity index is 1.40. The minimum Gasteiger partial charge on any atom is -0.351 e. The molecule has 190 valence electrons. The molecule has 1 saturated carbocycles. The van der Waals surface area contributed by atoms with Crippen molar-refractivity contribution in [2.45, 2.75) is 63.3 Å². The number of halogens is 4. The molecule has 3 aromatic rings. The van der Waals surface area contributed by atoms with Gasteiger partial charge in [0.2, 0.25) is 11.9 Å². The molecule has 0 saturated heterocycles. The Kier molecular flexibility index (Phi) is 6.63. The maximum Gasteiger partial charge on any atom is 0.270 e. The van der Waals surface area contributed by atoms with Gasteiger partial charge in [0.1, 0.15) is 11.3 Å². The number of carbonyl (C=O) groups excluding carboxylic acids is 1. The van der Waals surface area contributed by atoms with Crippen molar-refractivity contribution in [2.75, 3.05) is 11.9 Å². The first kappa shape index (κ1) is 24.2. The van der Waals surface area contributed by atoms with Crippen LogP contribution in [0.5, 0.6) is 0 Å². The molecule has 5 rings (SSSR count). The molecule has 1 fully saturated rings. The van der Waals surface area contributed by atoms with E-state index in [2.05, 4.69) is 26.7 Å². The van der Waals surface area contributed by atoms with Crippen LogP contribution in [0, 0.1) is 0 Å². The summed E-state index contributed by atoms with van der Waals surface area (Å²) in [6.07, 6.45) is 7.22. The van der Waals surface area contributed by atoms with Gasteiger partial charge in [-0.05, 0) is 55.4 Å². The van der Waals surface area contributed by atoms with Gasteiger partial charge in [0.15, 0.2) is 0 Å². The number of imidazole rings is 1. The predicted molar refractivity (Wildman–Crippen MR) is 126 cm³/mol. The minimum atomic E-state index is -2.64. The van der Waals surface area contributed by atoms with E-state index in [0.717, 1.165) is 41.7 Å². The number of nitrogens with one attached hydrogen (secondary N) is 2. The molecule has 36 heavy (non-hydrogen) atoms. The number of anilines is 1. The summed E-state index contributed by atoms with van der Waals surface area (Å²) in [5.74, 6) is -2.78. The summed E-state index contributed by atoms with van der Waals surface area (Å²) < 4.78 is 53.6. The van der Waals surface area contributed by atoms with Crippen molar-refractivity contribution in [3.63, 3.8) is 0 Å². The zero-order chi connectivity index (χ0) is 25.3. The molecule has 11 heteroatoms. The van der Waals surface area contributed by atoms with Gasteiger partial charge in [-0.3, -0.25) is 9.20 Å². The van der Waals surface area contributed by atoms with E-state index in [1.54, 1.807) is 22.9 Å². The number of aromatic nitrogens is 4. The topological polar surface area (TPSA) is 84.2 Å². The number of alkyl halides is 4. The first-order valence-electron chi connectivity index (χ1n) is 12.0. The van der Waals surface area contributed by atoms with E-state index in [0.29, 0.717) is 24.4 Å². The monoisotopic (exact) mass is 502 g/mol. The summed E-state index contributed by atoms with van der Waals surface area (Å²) in [5.41, 5.74) is 4.11. The molecule has 0 atom stereocenters. The lowest BCUT2D eigenvalue weighted by molar-refractivity contribution is -0.0361. The van der Waals surface area contributed by atoms with Gasteiger partial charge < -0.3 is 10.6 Å². The fraction of sp³-hybridized carbons (Fsp3) is 0.440. The molecule has 0 bridgehead atoms. The standard InChI is InChI=1S/C25H26F4N6O/c26-21(27)13-31-23(36)20-12-30-22-6-5-15(14-35(20)22)17-3-1-2-4-19-18(17)11-32-24(34-19)33-16-7-9-25(28,29)10-8-16/h3,5-6,11-12,14,16,21H,1-2,4,7-10,13H2,(H,31,36)(H,32,33,34). The van der Waals surface area contributed by atoms with Crippen molar-refractivity contribution >= 4 is 23.1 Å². The highest BCUT2D eigenvalue weighted by molar-refractivity contribution is 5.93. The molecule has 1 amide bonds. The quantitative estimate of drug-likeness (QED) is 0.470. The van der Waals surface area contributed by atoms with E-state index >= 15 is 0 Å². The fourth-order valence-corrected chi connectivity index (χ4v) is 4.74. The Morgan fingerprint density at radius 2 is 1.97 bits per heavy atom. The molecule has 7 nitrogen and oxygen atoms in total. The lowest BCUT2D eigenvalue weighted by Gasteiger charge is -2.28. The molecular weight excluding hydrogens is 476 g/mol. The number of carbonyl (C=O) groups is 1. The second kappa shape index (κ2) is 9.87. The first-order chi connectivity index (χ1) is 17.3. The number of hydrogen-bond donors (Lipinski definition) is 2. The third-order valence-electron chi connectivity index (χ3n) is 6.64. The summed E-state index contributed by atoms with van der Waals surface area (Å²) in [5, 5.41) is 5.43. The van der Waals surface area contributed by atoms with Gasteiger partial charge in [-0.1, -0.05) is 6.08 Å². The minimum absolute atomic E-state index is 0.0817. The molecule has 3 heterocycles. The van der Waals surface area contributed by atoms with Gasteiger partial charge in [-0.25, -0.2) is 32.5 Å². The molecule has 2 aliphatic rings. The Morgan fingerprint density at radius 1 is 1.17 bits per heavy atom. The molecule has 3 aromatic heterocycles. The number of fused-ring (bicyclic) bond motifs is 2. The third kappa shape index (κ3) is 5.19. The number of nitrogens with zero attached hydrogens (tertiary/aromatic N) is 4. The maximum atomic E-state index is 13.5. The van der Waals surface area contributed by atoms with Crippen LogP contribution in [0.3, 0.4) is 0 Å². The number of pyridine rings is 1. The lowest BCUT2D eigenvalue weighted by atomic mass is 9.92. The van der Waals surface area contributed by atoms with Gasteiger partial charge in [-0.15, -0.1) is 0 Å². The first-order valence-corrected chi connectivity index (χ1v) is 12.0. The number of aryl methyl sites for hydroxylation is 1. The van der Waals surface area contributed by atoms with Crippen LogP contribution >= 0.6 is 0 Å². The van der Waals surface area contributed by atoms with E-state index in [9.17, 15) is 22.4 Å². The van der Waals surface area contributed by atoms with E-state index < -0.39 is 24.8 Å². The highest BCUT2D eigenvalue weighted by atomic mass is 19.3. The van der Waals surface area contributed by atoms with Crippen LogP contribution in [0.15, 0.2) is 36.8 Å². The van der Waals surface area contributed by atoms with Gasteiger partial charge in [0.05, 0.1) is 18.4 Å². The summed E-state index contributed by atoms with van der Waals surface area (Å²) in [7, 11) is 0. The lowest BCUT2D eigenvalue weighted by Crippen LogP contribution is -2.32. The molecule has 0 aliphatic heterocycles. The average Bonchev–Trinajstić information content (AvgIpc) is 3.16. The fourth-order valence-electron chi connectivity index (χ4n) is 4.74. The molecule has 2 N–H and O–H groups in total. The molecule has 0 radical (unpaired) electrons. The van der Waals surface area contributed by atoms with Crippen molar-refractivity contribution in [3.05, 3.63) is 59.3 Å². The number of hydrogen-bond acceptors (Lipinski definition) is 5. The highest BCUT2D eigenvalue weighted by Crippen LogP contribution is 2.35. The summed E-state index contributed by atoms with van der Waals surface area (Å²) >= 11 is 0. The molecule has 0 aromatic carbocycles. The Morgan fingerprint density at radius 3 is 2.75 bits per heavy atom. The summed E-state index contributed by atoms with van der Waals surface area (Å²) in [6, 6.07) is 3.57. The van der Waals surface area contributed by atoms with Crippen molar-refractivity contribution in [3.8, 4) is 0 Å². The van der Waals surface area contributed by atoms with Crippen LogP contribution in [0.4, 0.5) is 23.5 Å². The Hall–Kier alpha value is -3.50. The number of allylic oxidation sites excluding steroid dienone is 1. The van der Waals surface area contributed by atoms with Crippen molar-refractivity contribution < 1.29 is 22.4 Å². The normalized spacial score (nSPS) is 18.0. The molecule has 0 spiro atoms. The van der Waals surface area contributed by atoms with Gasteiger partial charge >= 0.3 is 0 Å². The van der Waals surface area contributed by atoms with Gasteiger partial charge in [0.25, 0.3) is 12.3 Å². The van der Waals surface area contributed by atoms with Crippen LogP contribution in [0.2, 0.25) is 0 Å². The SMILES string of the molecule is O=C(NCC(F)F)c1cnc2ccc(C3=CCCCc4nc(NC5CCC(F)(F)CC5)ncc43)cn12. The second-order valence-electron chi connectivity index (χ2n) is 9.23. The smallest absolute Gasteiger partial charge is 0.270 e. The van der Waals surface area contributed by atoms with Gasteiger partial charge in [0, 0.05) is 36.8 Å². The second-order valence-corrected chi connectivity index (χ2v) is 9.23. The van der Waals surface area contributed by atoms with E-state index in [1.165, 1.54) is 6.20 Å². The predicted octanol–water partition coefficient (Wildman–Crippen LogP) is 4.88. The molecule has 2 aliphatic carbocycles. The van der Waals surface area contributed by atoms with E-state index in [-0.39, 0.29) is 24.6 Å². The zero-order valence-electron chi connectivity index (χ0n) is 19.5. The summed E-state index contributed by atoms with van der Waals surface area (Å²) in [4.78, 5) is 25.8. The highest BCUT2D eigenvalue weighted by Gasteiger charge is 2.35. The van der Waals surface area contributed by atoms with Gasteiger partial charge in [-0.2, -0.15) is 0 Å². The number of rotatable bonds is 6. The van der Waals surface area contributed by atoms with Crippen LogP contribution in [-0.2, 0) is 6.42 Å². The van der Waals surface area contributed by atoms with E-state index in [4.69, 9.17) is 4.98 Å². The summed E-state index contributed by atoms with van der Waals surface area (Å²) in [6.45, 7) is -0.735. The zero-order valence-corrected chi connectivity index (χ0v) is 19.5. The average molecular weight is 503 g/mol. The molecular formula is C25H26F4N6O. The van der Waals surface area contributed by atoms with E-state index in [1.807, 2.05) is 6.07 Å². The Bertz CT molecular complexity index is 1290. The number of amides is 1.